The number of aromatic nitrogens is 1. The molecule has 2 aromatic rings. The number of anilines is 2. The van der Waals surface area contributed by atoms with Gasteiger partial charge in [0, 0.05) is 24.3 Å². The number of esters is 1. The van der Waals surface area contributed by atoms with E-state index in [0.29, 0.717) is 16.9 Å². The number of aryl methyl sites for hydroxylation is 1. The van der Waals surface area contributed by atoms with E-state index >= 15 is 4.39 Å². The lowest BCUT2D eigenvalue weighted by Gasteiger charge is -2.46. The summed E-state index contributed by atoms with van der Waals surface area (Å²) < 4.78 is 26.0. The molecule has 1 saturated heterocycles. The molecule has 1 aromatic heterocycles. The fourth-order valence-electron chi connectivity index (χ4n) is 5.59. The molecular weight excluding hydrogens is 653 g/mol. The van der Waals surface area contributed by atoms with E-state index in [0.717, 1.165) is 13.2 Å². The summed E-state index contributed by atoms with van der Waals surface area (Å²) in [6.45, 7) is 12.0. The van der Waals surface area contributed by atoms with Crippen LogP contribution in [-0.2, 0) is 19.1 Å². The molecule has 2 aliphatic heterocycles. The quantitative estimate of drug-likeness (QED) is 0.166. The SMILES string of the molecule is COC(=O)C1CN(C(=O)OC(C)(C)C)[C@H](C)CN1C1=C([N+](=O)[O-])C(=C=O)N(c2c(C)ccnc2C(C)C)c2cc(Br)c(F)cc21. The van der Waals surface area contributed by atoms with Crippen LogP contribution in [-0.4, -0.2) is 75.6 Å². The molecule has 3 heterocycles. The minimum Gasteiger partial charge on any atom is -0.467 e. The molecule has 4 rings (SSSR count). The summed E-state index contributed by atoms with van der Waals surface area (Å²) in [6, 6.07) is 2.35. The first-order chi connectivity index (χ1) is 21.0. The standard InChI is InChI=1S/C31H35BrFN5O7/c1-16(2)25-26(17(3)9-10-34-25)37-22-12-20(32)21(33)11-19(22)27(28(38(42)43)24(37)15-39)36-13-18(4)35(14-23(36)29(40)44-8)30(41)45-31(5,6)7/h9-12,16,18,23H,13-14H2,1-8H3/t18-,23?/m1/s1. The fraction of sp³-hybridized carbons (Fsp3) is 0.452. The lowest BCUT2D eigenvalue weighted by Crippen LogP contribution is -2.61. The molecule has 12 nitrogen and oxygen atoms in total. The van der Waals surface area contributed by atoms with Crippen molar-refractivity contribution in [2.45, 2.75) is 72.1 Å². The number of nitro groups is 1. The molecule has 0 spiro atoms. The third-order valence-corrected chi connectivity index (χ3v) is 8.15. The van der Waals surface area contributed by atoms with Gasteiger partial charge in [-0.3, -0.25) is 20.0 Å². The maximum Gasteiger partial charge on any atom is 0.410 e. The lowest BCUT2D eigenvalue weighted by molar-refractivity contribution is -0.420. The molecule has 0 N–H and O–H groups in total. The Morgan fingerprint density at radius 2 is 1.91 bits per heavy atom. The van der Waals surface area contributed by atoms with Gasteiger partial charge in [0.15, 0.2) is 5.94 Å². The molecule has 0 bridgehead atoms. The minimum atomic E-state index is -1.27. The van der Waals surface area contributed by atoms with Crippen molar-refractivity contribution < 1.29 is 33.2 Å². The number of rotatable bonds is 5. The highest BCUT2D eigenvalue weighted by molar-refractivity contribution is 9.10. The van der Waals surface area contributed by atoms with E-state index in [2.05, 4.69) is 20.9 Å². The highest BCUT2D eigenvalue weighted by atomic mass is 79.9. The molecule has 0 radical (unpaired) electrons. The summed E-state index contributed by atoms with van der Waals surface area (Å²) in [5.74, 6) is 0.0903. The van der Waals surface area contributed by atoms with Crippen LogP contribution in [0.4, 0.5) is 20.6 Å². The number of carbonyl (C=O) groups excluding carboxylic acids is 3. The van der Waals surface area contributed by atoms with Crippen LogP contribution in [0.1, 0.15) is 64.3 Å². The maximum absolute atomic E-state index is 15.4. The van der Waals surface area contributed by atoms with Crippen LogP contribution in [0.2, 0.25) is 0 Å². The Bertz CT molecular complexity index is 1650. The van der Waals surface area contributed by atoms with E-state index in [1.165, 1.54) is 20.8 Å². The number of fused-ring (bicyclic) bond motifs is 1. The van der Waals surface area contributed by atoms with E-state index in [1.54, 1.807) is 52.8 Å². The Balaban J connectivity index is 2.04. The first-order valence-corrected chi connectivity index (χ1v) is 15.0. The van der Waals surface area contributed by atoms with Gasteiger partial charge < -0.3 is 19.3 Å². The van der Waals surface area contributed by atoms with Gasteiger partial charge in [-0.15, -0.1) is 0 Å². The van der Waals surface area contributed by atoms with Crippen molar-refractivity contribution in [3.63, 3.8) is 0 Å². The number of carbonyl (C=O) groups is 2. The van der Waals surface area contributed by atoms with Crippen molar-refractivity contribution in [3.8, 4) is 0 Å². The van der Waals surface area contributed by atoms with Gasteiger partial charge in [0.25, 0.3) is 0 Å². The molecule has 2 aliphatic rings. The molecule has 1 fully saturated rings. The van der Waals surface area contributed by atoms with Gasteiger partial charge in [-0.05, 0) is 80.2 Å². The number of methoxy groups -OCH3 is 1. The van der Waals surface area contributed by atoms with Crippen molar-refractivity contribution in [1.82, 2.24) is 14.8 Å². The Morgan fingerprint density at radius 1 is 1.24 bits per heavy atom. The summed E-state index contributed by atoms with van der Waals surface area (Å²) >= 11 is 3.22. The van der Waals surface area contributed by atoms with Crippen molar-refractivity contribution >= 4 is 51.0 Å². The van der Waals surface area contributed by atoms with Gasteiger partial charge in [-0.25, -0.2) is 18.8 Å². The molecular formula is C31H35BrFN5O7. The van der Waals surface area contributed by atoms with E-state index in [-0.39, 0.29) is 40.4 Å². The predicted octanol–water partition coefficient (Wildman–Crippen LogP) is 5.71. The van der Waals surface area contributed by atoms with Crippen molar-refractivity contribution in [2.24, 2.45) is 0 Å². The van der Waals surface area contributed by atoms with E-state index < -0.39 is 51.9 Å². The zero-order valence-corrected chi connectivity index (χ0v) is 27.9. The molecule has 14 heteroatoms. The second kappa shape index (κ2) is 12.6. The molecule has 45 heavy (non-hydrogen) atoms. The second-order valence-electron chi connectivity index (χ2n) is 12.2. The average molecular weight is 689 g/mol. The van der Waals surface area contributed by atoms with E-state index in [9.17, 15) is 24.5 Å². The van der Waals surface area contributed by atoms with Crippen molar-refractivity contribution in [2.75, 3.05) is 25.1 Å². The molecule has 0 saturated carbocycles. The highest BCUT2D eigenvalue weighted by Crippen LogP contribution is 2.49. The minimum absolute atomic E-state index is 0.0423. The van der Waals surface area contributed by atoms with Crippen LogP contribution in [0.3, 0.4) is 0 Å². The predicted molar refractivity (Wildman–Crippen MR) is 167 cm³/mol. The maximum atomic E-state index is 15.4. The van der Waals surface area contributed by atoms with Crippen molar-refractivity contribution in [3.05, 3.63) is 73.0 Å². The van der Waals surface area contributed by atoms with Crippen molar-refractivity contribution in [1.29, 1.82) is 0 Å². The Labute approximate surface area is 268 Å². The Hall–Kier alpha value is -4.29. The number of nitrogens with zero attached hydrogens (tertiary/aromatic N) is 5. The summed E-state index contributed by atoms with van der Waals surface area (Å²) in [5.41, 5.74) is -0.258. The summed E-state index contributed by atoms with van der Waals surface area (Å²) in [4.78, 5) is 60.0. The Morgan fingerprint density at radius 3 is 2.47 bits per heavy atom. The number of halogens is 2. The smallest absolute Gasteiger partial charge is 0.410 e. The third-order valence-electron chi connectivity index (χ3n) is 7.54. The Kier molecular flexibility index (Phi) is 9.41. The van der Waals surface area contributed by atoms with Gasteiger partial charge in [0.05, 0.1) is 40.1 Å². The number of piperazine rings is 1. The summed E-state index contributed by atoms with van der Waals surface area (Å²) in [7, 11) is 1.15. The van der Waals surface area contributed by atoms with E-state index in [1.807, 2.05) is 13.8 Å². The summed E-state index contributed by atoms with van der Waals surface area (Å²) in [5, 5.41) is 13.0. The van der Waals surface area contributed by atoms with Gasteiger partial charge >= 0.3 is 17.8 Å². The molecule has 240 valence electrons. The topological polar surface area (TPSA) is 135 Å². The zero-order valence-electron chi connectivity index (χ0n) is 26.3. The molecule has 1 aromatic carbocycles. The van der Waals surface area contributed by atoms with Crippen LogP contribution >= 0.6 is 15.9 Å². The van der Waals surface area contributed by atoms with Crippen LogP contribution in [0, 0.1) is 22.9 Å². The number of ether oxygens (including phenoxy) is 2. The van der Waals surface area contributed by atoms with Crippen LogP contribution in [0.5, 0.6) is 0 Å². The van der Waals surface area contributed by atoms with Crippen LogP contribution in [0.25, 0.3) is 5.70 Å². The normalized spacial score (nSPS) is 18.6. The molecule has 1 unspecified atom stereocenters. The third kappa shape index (κ3) is 6.30. The molecule has 1 amide bonds. The monoisotopic (exact) mass is 687 g/mol. The van der Waals surface area contributed by atoms with Crippen LogP contribution in [0.15, 0.2) is 40.3 Å². The zero-order chi connectivity index (χ0) is 33.5. The molecule has 0 aliphatic carbocycles. The van der Waals surface area contributed by atoms with Gasteiger partial charge in [-0.1, -0.05) is 13.8 Å². The van der Waals surface area contributed by atoms with Gasteiger partial charge in [-0.2, -0.15) is 0 Å². The van der Waals surface area contributed by atoms with E-state index in [4.69, 9.17) is 9.47 Å². The average Bonchev–Trinajstić information content (AvgIpc) is 2.95. The number of amides is 1. The number of hydrogen-bond acceptors (Lipinski definition) is 10. The van der Waals surface area contributed by atoms with Gasteiger partial charge in [0.1, 0.15) is 23.2 Å². The molecule has 2 atom stereocenters. The first kappa shape index (κ1) is 33.6. The highest BCUT2D eigenvalue weighted by Gasteiger charge is 2.48. The van der Waals surface area contributed by atoms with Gasteiger partial charge in [0.2, 0.25) is 5.70 Å². The summed E-state index contributed by atoms with van der Waals surface area (Å²) in [6.07, 6.45) is 0.922. The first-order valence-electron chi connectivity index (χ1n) is 14.3. The second-order valence-corrected chi connectivity index (χ2v) is 13.1. The number of benzene rings is 1. The largest absolute Gasteiger partial charge is 0.467 e. The number of pyridine rings is 1. The number of hydrogen-bond donors (Lipinski definition) is 0. The lowest BCUT2D eigenvalue weighted by atomic mass is 9.93. The van der Waals surface area contributed by atoms with Crippen LogP contribution < -0.4 is 4.90 Å². The fourth-order valence-corrected chi connectivity index (χ4v) is 5.92.